The normalized spacial score (nSPS) is 17.0. The van der Waals surface area contributed by atoms with Gasteiger partial charge >= 0.3 is 0 Å². The fraction of sp³-hybridized carbons (Fsp3) is 0.500. The molecule has 0 saturated heterocycles. The van der Waals surface area contributed by atoms with Crippen molar-refractivity contribution in [2.75, 3.05) is 6.54 Å². The SMILES string of the molecule is C=C(N)c1ccc(C2=NCC(CCC)(CCC)C2)cc1. The Hall–Kier alpha value is -1.57. The van der Waals surface area contributed by atoms with Gasteiger partial charge in [-0.1, -0.05) is 57.5 Å². The summed E-state index contributed by atoms with van der Waals surface area (Å²) < 4.78 is 0. The van der Waals surface area contributed by atoms with Crippen molar-refractivity contribution in [1.82, 2.24) is 0 Å². The first-order valence-electron chi connectivity index (χ1n) is 7.69. The van der Waals surface area contributed by atoms with Gasteiger partial charge in [0.1, 0.15) is 0 Å². The minimum atomic E-state index is 0.412. The molecule has 0 aromatic heterocycles. The van der Waals surface area contributed by atoms with Gasteiger partial charge in [-0.2, -0.15) is 0 Å². The number of nitrogens with zero attached hydrogens (tertiary/aromatic N) is 1. The van der Waals surface area contributed by atoms with E-state index in [4.69, 9.17) is 10.7 Å². The number of hydrogen-bond acceptors (Lipinski definition) is 2. The Morgan fingerprint density at radius 2 is 1.80 bits per heavy atom. The summed E-state index contributed by atoms with van der Waals surface area (Å²) in [5, 5.41) is 0. The lowest BCUT2D eigenvalue weighted by molar-refractivity contribution is 0.272. The highest BCUT2D eigenvalue weighted by atomic mass is 14.8. The van der Waals surface area contributed by atoms with Gasteiger partial charge in [0.2, 0.25) is 0 Å². The van der Waals surface area contributed by atoms with E-state index in [-0.39, 0.29) is 0 Å². The van der Waals surface area contributed by atoms with Crippen LogP contribution in [0.25, 0.3) is 5.70 Å². The minimum absolute atomic E-state index is 0.412. The highest BCUT2D eigenvalue weighted by Crippen LogP contribution is 2.39. The molecule has 0 fully saturated rings. The van der Waals surface area contributed by atoms with Crippen molar-refractivity contribution >= 4 is 11.4 Å². The van der Waals surface area contributed by atoms with E-state index in [0.717, 1.165) is 18.5 Å². The van der Waals surface area contributed by atoms with Gasteiger partial charge in [-0.05, 0) is 35.8 Å². The van der Waals surface area contributed by atoms with Crippen molar-refractivity contribution in [3.63, 3.8) is 0 Å². The smallest absolute Gasteiger partial charge is 0.0453 e. The fourth-order valence-electron chi connectivity index (χ4n) is 3.32. The second-order valence-electron chi connectivity index (χ2n) is 6.04. The molecule has 2 heteroatoms. The van der Waals surface area contributed by atoms with Crippen LogP contribution in [0.3, 0.4) is 0 Å². The van der Waals surface area contributed by atoms with Gasteiger partial charge in [-0.25, -0.2) is 0 Å². The van der Waals surface area contributed by atoms with Crippen molar-refractivity contribution in [2.45, 2.75) is 46.0 Å². The Labute approximate surface area is 122 Å². The van der Waals surface area contributed by atoms with E-state index in [1.165, 1.54) is 37.0 Å². The summed E-state index contributed by atoms with van der Waals surface area (Å²) in [6.07, 6.45) is 6.18. The van der Waals surface area contributed by atoms with Gasteiger partial charge in [0, 0.05) is 18.0 Å². The van der Waals surface area contributed by atoms with Crippen LogP contribution < -0.4 is 5.73 Å². The molecular weight excluding hydrogens is 244 g/mol. The molecular formula is C18H26N2. The van der Waals surface area contributed by atoms with Gasteiger partial charge in [-0.3, -0.25) is 4.99 Å². The zero-order chi connectivity index (χ0) is 14.6. The van der Waals surface area contributed by atoms with Crippen LogP contribution in [0.4, 0.5) is 0 Å². The lowest BCUT2D eigenvalue weighted by Crippen LogP contribution is -2.22. The van der Waals surface area contributed by atoms with E-state index >= 15 is 0 Å². The maximum absolute atomic E-state index is 5.71. The highest BCUT2D eigenvalue weighted by Gasteiger charge is 2.34. The van der Waals surface area contributed by atoms with Crippen LogP contribution in [0, 0.1) is 5.41 Å². The second-order valence-corrected chi connectivity index (χ2v) is 6.04. The average molecular weight is 270 g/mol. The van der Waals surface area contributed by atoms with Crippen molar-refractivity contribution in [1.29, 1.82) is 0 Å². The molecule has 0 aliphatic carbocycles. The summed E-state index contributed by atoms with van der Waals surface area (Å²) in [5.41, 5.74) is 10.3. The van der Waals surface area contributed by atoms with E-state index in [2.05, 4.69) is 32.6 Å². The van der Waals surface area contributed by atoms with E-state index in [1.54, 1.807) is 0 Å². The van der Waals surface area contributed by atoms with Gasteiger partial charge in [-0.15, -0.1) is 0 Å². The summed E-state index contributed by atoms with van der Waals surface area (Å²) in [7, 11) is 0. The van der Waals surface area contributed by atoms with Gasteiger partial charge in [0.15, 0.2) is 0 Å². The predicted octanol–water partition coefficient (Wildman–Crippen LogP) is 4.40. The van der Waals surface area contributed by atoms with E-state index in [9.17, 15) is 0 Å². The lowest BCUT2D eigenvalue weighted by Gasteiger charge is -2.27. The molecule has 108 valence electrons. The molecule has 0 bridgehead atoms. The summed E-state index contributed by atoms with van der Waals surface area (Å²) in [6, 6.07) is 8.33. The molecule has 0 saturated carbocycles. The number of aliphatic imine (C=N–C) groups is 1. The summed E-state index contributed by atoms with van der Waals surface area (Å²) >= 11 is 0. The van der Waals surface area contributed by atoms with Crippen LogP contribution in [0.15, 0.2) is 35.8 Å². The third-order valence-electron chi connectivity index (χ3n) is 4.30. The Kier molecular flexibility index (Phi) is 4.64. The second kappa shape index (κ2) is 6.25. The molecule has 0 spiro atoms. The Morgan fingerprint density at radius 3 is 2.30 bits per heavy atom. The monoisotopic (exact) mass is 270 g/mol. The Bertz CT molecular complexity index is 491. The van der Waals surface area contributed by atoms with Crippen LogP contribution in [-0.4, -0.2) is 12.3 Å². The first-order chi connectivity index (χ1) is 9.60. The van der Waals surface area contributed by atoms with Gasteiger partial charge in [0.25, 0.3) is 0 Å². The standard InChI is InChI=1S/C18H26N2/c1-4-10-18(11-5-2)12-17(20-13-18)16-8-6-15(7-9-16)14(3)19/h6-9H,3-5,10-13,19H2,1-2H3. The van der Waals surface area contributed by atoms with Crippen LogP contribution in [0.1, 0.15) is 57.1 Å². The molecule has 0 radical (unpaired) electrons. The molecule has 0 amide bonds. The van der Waals surface area contributed by atoms with Crippen molar-refractivity contribution in [2.24, 2.45) is 16.1 Å². The molecule has 2 rings (SSSR count). The molecule has 2 nitrogen and oxygen atoms in total. The van der Waals surface area contributed by atoms with Gasteiger partial charge < -0.3 is 5.73 Å². The molecule has 0 atom stereocenters. The number of benzene rings is 1. The number of hydrogen-bond donors (Lipinski definition) is 1. The first-order valence-corrected chi connectivity index (χ1v) is 7.69. The van der Waals surface area contributed by atoms with E-state index in [0.29, 0.717) is 11.1 Å². The van der Waals surface area contributed by atoms with Crippen molar-refractivity contribution < 1.29 is 0 Å². The summed E-state index contributed by atoms with van der Waals surface area (Å²) in [6.45, 7) is 9.32. The summed E-state index contributed by atoms with van der Waals surface area (Å²) in [5.74, 6) is 0. The maximum atomic E-state index is 5.71. The molecule has 1 aliphatic rings. The third kappa shape index (κ3) is 3.12. The first kappa shape index (κ1) is 14.8. The molecule has 1 heterocycles. The zero-order valence-corrected chi connectivity index (χ0v) is 12.8. The van der Waals surface area contributed by atoms with Crippen molar-refractivity contribution in [3.05, 3.63) is 42.0 Å². The van der Waals surface area contributed by atoms with Crippen LogP contribution >= 0.6 is 0 Å². The molecule has 1 aromatic rings. The van der Waals surface area contributed by atoms with E-state index < -0.39 is 0 Å². The largest absolute Gasteiger partial charge is 0.399 e. The third-order valence-corrected chi connectivity index (χ3v) is 4.30. The van der Waals surface area contributed by atoms with Crippen LogP contribution in [0.5, 0.6) is 0 Å². The van der Waals surface area contributed by atoms with Crippen molar-refractivity contribution in [3.8, 4) is 0 Å². The predicted molar refractivity (Wildman–Crippen MR) is 87.9 cm³/mol. The minimum Gasteiger partial charge on any atom is -0.399 e. The van der Waals surface area contributed by atoms with E-state index in [1.807, 2.05) is 12.1 Å². The fourth-order valence-corrected chi connectivity index (χ4v) is 3.32. The van der Waals surface area contributed by atoms with Crippen LogP contribution in [-0.2, 0) is 0 Å². The quantitative estimate of drug-likeness (QED) is 0.817. The highest BCUT2D eigenvalue weighted by molar-refractivity contribution is 6.02. The number of nitrogens with two attached hydrogens (primary N) is 1. The summed E-state index contributed by atoms with van der Waals surface area (Å²) in [4.78, 5) is 4.83. The Morgan fingerprint density at radius 1 is 1.20 bits per heavy atom. The average Bonchev–Trinajstić information content (AvgIpc) is 2.84. The molecule has 1 aliphatic heterocycles. The molecule has 0 unspecified atom stereocenters. The lowest BCUT2D eigenvalue weighted by atomic mass is 9.76. The Balaban J connectivity index is 2.13. The molecule has 1 aromatic carbocycles. The molecule has 20 heavy (non-hydrogen) atoms. The van der Waals surface area contributed by atoms with Crippen LogP contribution in [0.2, 0.25) is 0 Å². The molecule has 2 N–H and O–H groups in total. The topological polar surface area (TPSA) is 38.4 Å². The number of rotatable bonds is 6. The maximum Gasteiger partial charge on any atom is 0.0453 e. The zero-order valence-electron chi connectivity index (χ0n) is 12.8. The van der Waals surface area contributed by atoms with Gasteiger partial charge in [0.05, 0.1) is 0 Å².